The number of carbonyl (C=O) groups is 1. The van der Waals surface area contributed by atoms with Gasteiger partial charge in [0.15, 0.2) is 5.78 Å². The first-order valence-electron chi connectivity index (χ1n) is 6.00. The van der Waals surface area contributed by atoms with E-state index in [1.54, 1.807) is 7.11 Å². The predicted molar refractivity (Wildman–Crippen MR) is 73.5 cm³/mol. The zero-order valence-electron chi connectivity index (χ0n) is 11.1. The van der Waals surface area contributed by atoms with E-state index in [9.17, 15) is 4.79 Å². The lowest BCUT2D eigenvalue weighted by Crippen LogP contribution is -2.33. The number of nitrogens with two attached hydrogens (primary N) is 1. The van der Waals surface area contributed by atoms with Gasteiger partial charge in [0, 0.05) is 20.3 Å². The van der Waals surface area contributed by atoms with Crippen molar-refractivity contribution < 1.29 is 9.53 Å². The minimum Gasteiger partial charge on any atom is -0.385 e. The number of nitrogens with zero attached hydrogens (tertiary/aromatic N) is 2. The number of aryl methyl sites for hydroxylation is 2. The molecule has 0 fully saturated rings. The largest absolute Gasteiger partial charge is 0.385 e. The van der Waals surface area contributed by atoms with Crippen molar-refractivity contribution >= 4 is 21.7 Å². The lowest BCUT2D eigenvalue weighted by atomic mass is 10.1. The van der Waals surface area contributed by atoms with Gasteiger partial charge in [0.05, 0.1) is 28.3 Å². The Kier molecular flexibility index (Phi) is 5.98. The lowest BCUT2D eigenvalue weighted by molar-refractivity contribution is -0.120. The molecule has 0 aromatic carbocycles. The Morgan fingerprint density at radius 2 is 2.28 bits per heavy atom. The van der Waals surface area contributed by atoms with Gasteiger partial charge in [0.25, 0.3) is 0 Å². The van der Waals surface area contributed by atoms with Gasteiger partial charge >= 0.3 is 0 Å². The molecule has 0 saturated carbocycles. The normalized spacial score (nSPS) is 12.7. The molecule has 5 nitrogen and oxygen atoms in total. The molecule has 6 heteroatoms. The summed E-state index contributed by atoms with van der Waals surface area (Å²) < 4.78 is 7.66. The summed E-state index contributed by atoms with van der Waals surface area (Å²) >= 11 is 3.47. The lowest BCUT2D eigenvalue weighted by Gasteiger charge is -2.11. The highest BCUT2D eigenvalue weighted by molar-refractivity contribution is 9.10. The average molecular weight is 318 g/mol. The highest BCUT2D eigenvalue weighted by atomic mass is 79.9. The third kappa shape index (κ3) is 3.63. The van der Waals surface area contributed by atoms with Crippen LogP contribution in [0.2, 0.25) is 0 Å². The Morgan fingerprint density at radius 1 is 1.61 bits per heavy atom. The maximum absolute atomic E-state index is 12.0. The average Bonchev–Trinajstić information content (AvgIpc) is 2.63. The van der Waals surface area contributed by atoms with Crippen LogP contribution in [0.5, 0.6) is 0 Å². The molecular formula is C12H20BrN3O2. The van der Waals surface area contributed by atoms with Gasteiger partial charge in [-0.1, -0.05) is 0 Å². The molecule has 0 radical (unpaired) electrons. The Hall–Kier alpha value is -0.720. The smallest absolute Gasteiger partial charge is 0.155 e. The predicted octanol–water partition coefficient (Wildman–Crippen LogP) is 1.45. The first-order valence-corrected chi connectivity index (χ1v) is 6.79. The number of ketones is 1. The van der Waals surface area contributed by atoms with Crippen molar-refractivity contribution in [3.8, 4) is 0 Å². The van der Waals surface area contributed by atoms with Crippen LogP contribution in [0, 0.1) is 6.92 Å². The van der Waals surface area contributed by atoms with E-state index in [1.807, 2.05) is 18.5 Å². The number of hydrogen-bond acceptors (Lipinski definition) is 4. The molecule has 1 heterocycles. The van der Waals surface area contributed by atoms with Crippen molar-refractivity contribution in [1.82, 2.24) is 9.78 Å². The number of rotatable bonds is 7. The number of carbonyl (C=O) groups excluding carboxylic acids is 1. The third-order valence-electron chi connectivity index (χ3n) is 2.84. The summed E-state index contributed by atoms with van der Waals surface area (Å²) in [5, 5.41) is 4.36. The van der Waals surface area contributed by atoms with Gasteiger partial charge in [-0.05, 0) is 36.2 Å². The molecule has 0 bridgehead atoms. The van der Waals surface area contributed by atoms with Crippen molar-refractivity contribution in [2.45, 2.75) is 39.3 Å². The molecule has 0 aliphatic carbocycles. The zero-order chi connectivity index (χ0) is 13.7. The standard InChI is InChI=1S/C12H20BrN3O2/c1-4-16-10(12(13)8(2)15-16)7-11(17)9(14)5-6-18-3/h9H,4-7,14H2,1-3H3. The summed E-state index contributed by atoms with van der Waals surface area (Å²) in [7, 11) is 1.60. The summed E-state index contributed by atoms with van der Waals surface area (Å²) in [5.74, 6) is 0.0161. The summed E-state index contributed by atoms with van der Waals surface area (Å²) in [6.07, 6.45) is 0.854. The minimum atomic E-state index is -0.475. The molecule has 2 N–H and O–H groups in total. The summed E-state index contributed by atoms with van der Waals surface area (Å²) in [4.78, 5) is 12.0. The van der Waals surface area contributed by atoms with E-state index in [4.69, 9.17) is 10.5 Å². The molecule has 0 saturated heterocycles. The van der Waals surface area contributed by atoms with Crippen LogP contribution in [0.4, 0.5) is 0 Å². The second kappa shape index (κ2) is 7.01. The van der Waals surface area contributed by atoms with Crippen LogP contribution in [0.15, 0.2) is 4.47 Å². The van der Waals surface area contributed by atoms with Crippen LogP contribution in [-0.4, -0.2) is 35.3 Å². The molecule has 0 spiro atoms. The fourth-order valence-electron chi connectivity index (χ4n) is 1.74. The van der Waals surface area contributed by atoms with Gasteiger partial charge in [0.2, 0.25) is 0 Å². The van der Waals surface area contributed by atoms with Crippen LogP contribution in [-0.2, 0) is 22.5 Å². The van der Waals surface area contributed by atoms with Gasteiger partial charge in [-0.15, -0.1) is 0 Å². The topological polar surface area (TPSA) is 70.1 Å². The van der Waals surface area contributed by atoms with Gasteiger partial charge in [-0.25, -0.2) is 0 Å². The van der Waals surface area contributed by atoms with Crippen molar-refractivity contribution in [2.75, 3.05) is 13.7 Å². The number of Topliss-reactive ketones (excluding diaryl/α,β-unsaturated/α-hetero) is 1. The molecule has 18 heavy (non-hydrogen) atoms. The van der Waals surface area contributed by atoms with E-state index < -0.39 is 6.04 Å². The van der Waals surface area contributed by atoms with Crippen LogP contribution in [0.3, 0.4) is 0 Å². The molecule has 0 aliphatic heterocycles. The zero-order valence-corrected chi connectivity index (χ0v) is 12.7. The highest BCUT2D eigenvalue weighted by Crippen LogP contribution is 2.22. The number of aromatic nitrogens is 2. The summed E-state index contributed by atoms with van der Waals surface area (Å²) in [5.41, 5.74) is 7.61. The quantitative estimate of drug-likeness (QED) is 0.826. The van der Waals surface area contributed by atoms with Crippen molar-refractivity contribution in [1.29, 1.82) is 0 Å². The van der Waals surface area contributed by atoms with Gasteiger partial charge in [-0.3, -0.25) is 9.48 Å². The van der Waals surface area contributed by atoms with Crippen molar-refractivity contribution in [3.63, 3.8) is 0 Å². The van der Waals surface area contributed by atoms with Crippen LogP contribution < -0.4 is 5.73 Å². The number of halogens is 1. The minimum absolute atomic E-state index is 0.0161. The summed E-state index contributed by atoms with van der Waals surface area (Å²) in [6, 6.07) is -0.475. The fraction of sp³-hybridized carbons (Fsp3) is 0.667. The van der Waals surface area contributed by atoms with E-state index in [2.05, 4.69) is 21.0 Å². The molecule has 1 rings (SSSR count). The maximum atomic E-state index is 12.0. The van der Waals surface area contributed by atoms with E-state index >= 15 is 0 Å². The van der Waals surface area contributed by atoms with Gasteiger partial charge < -0.3 is 10.5 Å². The second-order valence-electron chi connectivity index (χ2n) is 4.19. The van der Waals surface area contributed by atoms with Crippen LogP contribution in [0.1, 0.15) is 24.7 Å². The van der Waals surface area contributed by atoms with Crippen LogP contribution in [0.25, 0.3) is 0 Å². The third-order valence-corrected chi connectivity index (χ3v) is 3.87. The first-order chi connectivity index (χ1) is 8.51. The Morgan fingerprint density at radius 3 is 2.83 bits per heavy atom. The fourth-order valence-corrected chi connectivity index (χ4v) is 2.16. The molecule has 1 unspecified atom stereocenters. The molecule has 0 amide bonds. The van der Waals surface area contributed by atoms with Crippen LogP contribution >= 0.6 is 15.9 Å². The van der Waals surface area contributed by atoms with E-state index in [-0.39, 0.29) is 5.78 Å². The number of hydrogen-bond donors (Lipinski definition) is 1. The molecule has 1 aromatic heterocycles. The Balaban J connectivity index is 2.75. The van der Waals surface area contributed by atoms with Gasteiger partial charge in [0.1, 0.15) is 0 Å². The maximum Gasteiger partial charge on any atom is 0.155 e. The Labute approximate surface area is 116 Å². The monoisotopic (exact) mass is 317 g/mol. The molecule has 1 aromatic rings. The second-order valence-corrected chi connectivity index (χ2v) is 4.99. The molecule has 102 valence electrons. The SMILES string of the molecule is CCn1nc(C)c(Br)c1CC(=O)C(N)CCOC. The van der Waals surface area contributed by atoms with E-state index in [0.717, 1.165) is 22.4 Å². The summed E-state index contributed by atoms with van der Waals surface area (Å²) in [6.45, 7) is 5.15. The Bertz CT molecular complexity index is 418. The molecular weight excluding hydrogens is 298 g/mol. The molecule has 0 aliphatic rings. The van der Waals surface area contributed by atoms with E-state index in [0.29, 0.717) is 19.4 Å². The van der Waals surface area contributed by atoms with Crippen molar-refractivity contribution in [2.24, 2.45) is 5.73 Å². The molecule has 1 atom stereocenters. The van der Waals surface area contributed by atoms with E-state index in [1.165, 1.54) is 0 Å². The van der Waals surface area contributed by atoms with Gasteiger partial charge in [-0.2, -0.15) is 5.10 Å². The van der Waals surface area contributed by atoms with Crippen molar-refractivity contribution in [3.05, 3.63) is 15.9 Å². The first kappa shape index (κ1) is 15.3. The highest BCUT2D eigenvalue weighted by Gasteiger charge is 2.19. The number of methoxy groups -OCH3 is 1. The number of ether oxygens (including phenoxy) is 1.